The van der Waals surface area contributed by atoms with Crippen LogP contribution in [0.4, 0.5) is 0 Å². The van der Waals surface area contributed by atoms with Gasteiger partial charge in [-0.2, -0.15) is 0 Å². The Morgan fingerprint density at radius 2 is 1.76 bits per heavy atom. The average molecular weight is 351 g/mol. The number of rotatable bonds is 9. The fourth-order valence-corrected chi connectivity index (χ4v) is 3.67. The van der Waals surface area contributed by atoms with Gasteiger partial charge in [-0.25, -0.2) is 0 Å². The highest BCUT2D eigenvalue weighted by Gasteiger charge is 2.29. The molecule has 2 fully saturated rings. The predicted octanol–water partition coefficient (Wildman–Crippen LogP) is 4.22. The summed E-state index contributed by atoms with van der Waals surface area (Å²) in [7, 11) is 2.08. The molecule has 0 amide bonds. The summed E-state index contributed by atoms with van der Waals surface area (Å²) in [4.78, 5) is 2.73. The van der Waals surface area contributed by atoms with E-state index < -0.39 is 0 Å². The summed E-state index contributed by atoms with van der Waals surface area (Å²) in [6, 6.07) is 9.05. The van der Waals surface area contributed by atoms with Gasteiger partial charge in [-0.05, 0) is 69.2 Å². The van der Waals surface area contributed by atoms with Crippen LogP contribution in [0.15, 0.2) is 28.7 Å². The summed E-state index contributed by atoms with van der Waals surface area (Å²) in [6.07, 6.45) is 7.03. The molecule has 1 unspecified atom stereocenters. The monoisotopic (exact) mass is 350 g/mol. The molecule has 2 nitrogen and oxygen atoms in total. The molecule has 2 saturated carbocycles. The van der Waals surface area contributed by atoms with Crippen LogP contribution >= 0.6 is 15.9 Å². The maximum atomic E-state index is 3.69. The van der Waals surface area contributed by atoms with Crippen LogP contribution in [-0.4, -0.2) is 31.6 Å². The molecule has 2 aliphatic rings. The molecule has 116 valence electrons. The van der Waals surface area contributed by atoms with Gasteiger partial charge in [0.15, 0.2) is 0 Å². The van der Waals surface area contributed by atoms with Crippen LogP contribution in [0.1, 0.15) is 43.7 Å². The molecule has 1 aromatic rings. The lowest BCUT2D eigenvalue weighted by molar-refractivity contribution is 0.239. The molecular formula is C18H27BrN2. The van der Waals surface area contributed by atoms with Crippen molar-refractivity contribution < 1.29 is 0 Å². The Hall–Kier alpha value is -0.380. The van der Waals surface area contributed by atoms with E-state index in [1.54, 1.807) is 0 Å². The van der Waals surface area contributed by atoms with E-state index in [1.165, 1.54) is 61.8 Å². The first-order valence-corrected chi connectivity index (χ1v) is 9.19. The molecule has 3 heteroatoms. The number of nitrogens with zero attached hydrogens (tertiary/aromatic N) is 1. The van der Waals surface area contributed by atoms with Crippen molar-refractivity contribution in [2.45, 2.75) is 38.1 Å². The molecule has 0 aromatic heterocycles. The molecule has 0 spiro atoms. The molecule has 3 rings (SSSR count). The topological polar surface area (TPSA) is 15.3 Å². The van der Waals surface area contributed by atoms with Crippen molar-refractivity contribution in [2.24, 2.45) is 11.8 Å². The number of hydrogen-bond acceptors (Lipinski definition) is 2. The summed E-state index contributed by atoms with van der Waals surface area (Å²) in [5.74, 6) is 2.00. The highest BCUT2D eigenvalue weighted by atomic mass is 79.9. The fraction of sp³-hybridized carbons (Fsp3) is 0.667. The van der Waals surface area contributed by atoms with E-state index in [9.17, 15) is 0 Å². The minimum atomic E-state index is 0.446. The van der Waals surface area contributed by atoms with Crippen LogP contribution in [0.5, 0.6) is 0 Å². The van der Waals surface area contributed by atoms with Crippen molar-refractivity contribution in [2.75, 3.05) is 26.7 Å². The molecule has 21 heavy (non-hydrogen) atoms. The van der Waals surface area contributed by atoms with Gasteiger partial charge in [0.25, 0.3) is 0 Å². The van der Waals surface area contributed by atoms with Crippen LogP contribution < -0.4 is 5.32 Å². The largest absolute Gasteiger partial charge is 0.313 e. The zero-order valence-corrected chi connectivity index (χ0v) is 14.6. The summed E-state index contributed by atoms with van der Waals surface area (Å²) < 4.78 is 1.22. The minimum absolute atomic E-state index is 0.446. The second-order valence-electron chi connectivity index (χ2n) is 6.80. The molecule has 1 atom stereocenters. The van der Waals surface area contributed by atoms with Crippen LogP contribution in [0.3, 0.4) is 0 Å². The van der Waals surface area contributed by atoms with Crippen molar-refractivity contribution in [3.8, 4) is 0 Å². The first kappa shape index (κ1) is 15.5. The van der Waals surface area contributed by atoms with Gasteiger partial charge in [-0.3, -0.25) is 0 Å². The molecule has 1 N–H and O–H groups in total. The maximum Gasteiger partial charge on any atom is 0.0340 e. The molecular weight excluding hydrogens is 324 g/mol. The first-order chi connectivity index (χ1) is 10.3. The average Bonchev–Trinajstić information content (AvgIpc) is 3.37. The standard InChI is InChI=1S/C18H27BrN2/c1-20-18(16-4-2-3-5-17(16)19)10-11-21(12-14-6-7-14)13-15-8-9-15/h2-5,14-15,18,20H,6-13H2,1H3. The summed E-state index contributed by atoms with van der Waals surface area (Å²) in [5, 5.41) is 3.50. The van der Waals surface area contributed by atoms with Crippen molar-refractivity contribution in [3.05, 3.63) is 34.3 Å². The maximum absolute atomic E-state index is 3.69. The van der Waals surface area contributed by atoms with Crippen LogP contribution in [0.2, 0.25) is 0 Å². The molecule has 0 radical (unpaired) electrons. The predicted molar refractivity (Wildman–Crippen MR) is 92.4 cm³/mol. The molecule has 2 aliphatic carbocycles. The second-order valence-corrected chi connectivity index (χ2v) is 7.65. The van der Waals surface area contributed by atoms with Gasteiger partial charge >= 0.3 is 0 Å². The number of benzene rings is 1. The third-order valence-electron chi connectivity index (χ3n) is 4.79. The van der Waals surface area contributed by atoms with Gasteiger partial charge in [0.2, 0.25) is 0 Å². The molecule has 0 bridgehead atoms. The summed E-state index contributed by atoms with van der Waals surface area (Å²) in [5.41, 5.74) is 1.39. The Bertz CT molecular complexity index is 440. The molecule has 1 aromatic carbocycles. The van der Waals surface area contributed by atoms with E-state index in [1.807, 2.05) is 0 Å². The normalized spacial score (nSPS) is 20.0. The van der Waals surface area contributed by atoms with Gasteiger partial charge in [-0.15, -0.1) is 0 Å². The third-order valence-corrected chi connectivity index (χ3v) is 5.51. The first-order valence-electron chi connectivity index (χ1n) is 8.40. The Morgan fingerprint density at radius 1 is 1.14 bits per heavy atom. The van der Waals surface area contributed by atoms with E-state index in [0.717, 1.165) is 11.8 Å². The van der Waals surface area contributed by atoms with Crippen molar-refractivity contribution in [1.29, 1.82) is 0 Å². The van der Waals surface area contributed by atoms with E-state index in [2.05, 4.69) is 57.5 Å². The fourth-order valence-electron chi connectivity index (χ4n) is 3.11. The van der Waals surface area contributed by atoms with E-state index in [0.29, 0.717) is 6.04 Å². The van der Waals surface area contributed by atoms with E-state index in [-0.39, 0.29) is 0 Å². The third kappa shape index (κ3) is 4.80. The van der Waals surface area contributed by atoms with E-state index >= 15 is 0 Å². The summed E-state index contributed by atoms with van der Waals surface area (Å²) >= 11 is 3.69. The Balaban J connectivity index is 1.55. The lowest BCUT2D eigenvalue weighted by Gasteiger charge is -2.26. The smallest absolute Gasteiger partial charge is 0.0340 e. The van der Waals surface area contributed by atoms with E-state index in [4.69, 9.17) is 0 Å². The van der Waals surface area contributed by atoms with Crippen LogP contribution in [0, 0.1) is 11.8 Å². The van der Waals surface area contributed by atoms with Gasteiger partial charge in [-0.1, -0.05) is 34.1 Å². The Morgan fingerprint density at radius 3 is 2.29 bits per heavy atom. The lowest BCUT2D eigenvalue weighted by Crippen LogP contribution is -2.32. The Kier molecular flexibility index (Phi) is 5.36. The van der Waals surface area contributed by atoms with Crippen molar-refractivity contribution in [1.82, 2.24) is 10.2 Å². The van der Waals surface area contributed by atoms with Crippen LogP contribution in [0.25, 0.3) is 0 Å². The van der Waals surface area contributed by atoms with Crippen LogP contribution in [-0.2, 0) is 0 Å². The molecule has 0 saturated heterocycles. The quantitative estimate of drug-likeness (QED) is 0.717. The highest BCUT2D eigenvalue weighted by molar-refractivity contribution is 9.10. The SMILES string of the molecule is CNC(CCN(CC1CC1)CC1CC1)c1ccccc1Br. The highest BCUT2D eigenvalue weighted by Crippen LogP contribution is 2.34. The van der Waals surface area contributed by atoms with Crippen molar-refractivity contribution >= 4 is 15.9 Å². The lowest BCUT2D eigenvalue weighted by atomic mass is 10.0. The molecule has 0 aliphatic heterocycles. The van der Waals surface area contributed by atoms with Gasteiger partial charge in [0.05, 0.1) is 0 Å². The summed E-state index contributed by atoms with van der Waals surface area (Å²) in [6.45, 7) is 3.89. The van der Waals surface area contributed by atoms with Crippen molar-refractivity contribution in [3.63, 3.8) is 0 Å². The van der Waals surface area contributed by atoms with Gasteiger partial charge < -0.3 is 10.2 Å². The zero-order valence-electron chi connectivity index (χ0n) is 13.0. The van der Waals surface area contributed by atoms with Gasteiger partial charge in [0, 0.05) is 23.6 Å². The number of hydrogen-bond donors (Lipinski definition) is 1. The minimum Gasteiger partial charge on any atom is -0.313 e. The van der Waals surface area contributed by atoms with Gasteiger partial charge in [0.1, 0.15) is 0 Å². The molecule has 0 heterocycles. The number of nitrogens with one attached hydrogen (secondary N) is 1. The second kappa shape index (κ2) is 7.26. The zero-order chi connectivity index (χ0) is 14.7. The number of halogens is 1. The Labute approximate surface area is 137 Å².